The first-order valence-corrected chi connectivity index (χ1v) is 12.8. The van der Waals surface area contributed by atoms with E-state index in [-0.39, 0.29) is 0 Å². The van der Waals surface area contributed by atoms with Crippen LogP contribution in [0.4, 0.5) is 15.5 Å². The van der Waals surface area contributed by atoms with Gasteiger partial charge in [0.05, 0.1) is 0 Å². The molecule has 30 heavy (non-hydrogen) atoms. The molecule has 0 spiro atoms. The normalized spacial score (nSPS) is 13.7. The molecule has 8 nitrogen and oxygen atoms in total. The van der Waals surface area contributed by atoms with Gasteiger partial charge < -0.3 is 0 Å². The molecule has 0 saturated heterocycles. The Morgan fingerprint density at radius 2 is 0.567 bits per heavy atom. The lowest BCUT2D eigenvalue weighted by molar-refractivity contribution is 0.548. The largest absolute Gasteiger partial charge is 0.332 e. The molecular formula is C14H6F4O8S4. The van der Waals surface area contributed by atoms with Gasteiger partial charge >= 0.3 is 40.9 Å². The summed E-state index contributed by atoms with van der Waals surface area (Å²) >= 11 is 0. The van der Waals surface area contributed by atoms with E-state index in [0.29, 0.717) is 36.4 Å². The number of hydrogen-bond acceptors (Lipinski definition) is 8. The molecule has 0 bridgehead atoms. The molecule has 0 unspecified atom stereocenters. The number of rotatable bonds is 4. The summed E-state index contributed by atoms with van der Waals surface area (Å²) in [5.74, 6) is 0. The fraction of sp³-hybridized carbons (Fsp3) is 0. The van der Waals surface area contributed by atoms with E-state index in [4.69, 9.17) is 0 Å². The van der Waals surface area contributed by atoms with Crippen LogP contribution in [0.3, 0.4) is 0 Å². The van der Waals surface area contributed by atoms with Crippen molar-refractivity contribution in [2.75, 3.05) is 0 Å². The van der Waals surface area contributed by atoms with Gasteiger partial charge in [-0.2, -0.15) is 33.7 Å². The smallest absolute Gasteiger partial charge is 0.189 e. The van der Waals surface area contributed by atoms with Crippen LogP contribution in [0.1, 0.15) is 0 Å². The molecule has 0 aliphatic heterocycles. The Hall–Kier alpha value is -2.30. The minimum absolute atomic E-state index is 0.356. The van der Waals surface area contributed by atoms with Gasteiger partial charge in [-0.1, -0.05) is 0 Å². The second-order valence-electron chi connectivity index (χ2n) is 5.82. The molecule has 3 aromatic rings. The second kappa shape index (κ2) is 6.60. The fourth-order valence-corrected chi connectivity index (χ4v) is 5.58. The monoisotopic (exact) mass is 506 g/mol. The Morgan fingerprint density at radius 3 is 0.700 bits per heavy atom. The first kappa shape index (κ1) is 22.4. The van der Waals surface area contributed by atoms with Crippen LogP contribution in [0.5, 0.6) is 0 Å². The third-order valence-electron chi connectivity index (χ3n) is 4.04. The van der Waals surface area contributed by atoms with Gasteiger partial charge in [-0.25, -0.2) is 0 Å². The Balaban J connectivity index is 2.79. The lowest BCUT2D eigenvalue weighted by Crippen LogP contribution is -2.02. The van der Waals surface area contributed by atoms with E-state index < -0.39 is 82.0 Å². The van der Waals surface area contributed by atoms with Crippen molar-refractivity contribution in [3.63, 3.8) is 0 Å². The molecule has 162 valence electrons. The first-order valence-electron chi connectivity index (χ1n) is 7.24. The highest BCUT2D eigenvalue weighted by atomic mass is 32.3. The fourth-order valence-electron chi connectivity index (χ4n) is 2.93. The van der Waals surface area contributed by atoms with Gasteiger partial charge in [0.15, 0.2) is 0 Å². The highest BCUT2D eigenvalue weighted by molar-refractivity contribution is 7.87. The Labute approximate surface area is 167 Å². The van der Waals surface area contributed by atoms with Crippen LogP contribution < -0.4 is 0 Å². The van der Waals surface area contributed by atoms with Crippen molar-refractivity contribution in [1.29, 1.82) is 0 Å². The van der Waals surface area contributed by atoms with Gasteiger partial charge in [0, 0.05) is 21.5 Å². The number of fused-ring (bicyclic) bond motifs is 2. The lowest BCUT2D eigenvalue weighted by atomic mass is 10.0. The van der Waals surface area contributed by atoms with E-state index in [1.165, 1.54) is 0 Å². The minimum atomic E-state index is -5.60. The van der Waals surface area contributed by atoms with Gasteiger partial charge in [-0.05, 0) is 36.4 Å². The first-order chi connectivity index (χ1) is 13.4. The van der Waals surface area contributed by atoms with Gasteiger partial charge in [0.2, 0.25) is 0 Å². The highest BCUT2D eigenvalue weighted by Gasteiger charge is 2.28. The van der Waals surface area contributed by atoms with Crippen molar-refractivity contribution in [3.05, 3.63) is 36.4 Å². The van der Waals surface area contributed by atoms with E-state index in [1.54, 1.807) is 0 Å². The zero-order valence-electron chi connectivity index (χ0n) is 13.9. The van der Waals surface area contributed by atoms with Crippen LogP contribution in [0, 0.1) is 0 Å². The van der Waals surface area contributed by atoms with E-state index in [9.17, 15) is 49.2 Å². The van der Waals surface area contributed by atoms with E-state index in [0.717, 1.165) is 0 Å². The van der Waals surface area contributed by atoms with Gasteiger partial charge in [0.25, 0.3) is 0 Å². The van der Waals surface area contributed by atoms with Crippen molar-refractivity contribution in [2.24, 2.45) is 0 Å². The van der Waals surface area contributed by atoms with Crippen LogP contribution in [-0.2, 0) is 40.9 Å². The molecule has 0 heterocycles. The Morgan fingerprint density at radius 1 is 0.400 bits per heavy atom. The summed E-state index contributed by atoms with van der Waals surface area (Å²) in [5, 5.41) is -3.66. The van der Waals surface area contributed by atoms with E-state index >= 15 is 0 Å². The Bertz CT molecular complexity index is 1430. The molecular weight excluding hydrogens is 500 g/mol. The van der Waals surface area contributed by atoms with Crippen LogP contribution in [0.25, 0.3) is 21.5 Å². The minimum Gasteiger partial charge on any atom is -0.189 e. The summed E-state index contributed by atoms with van der Waals surface area (Å²) in [6, 6.07) is 2.25. The summed E-state index contributed by atoms with van der Waals surface area (Å²) in [4.78, 5) is -4.99. The summed E-state index contributed by atoms with van der Waals surface area (Å²) in [5.41, 5.74) is 0. The summed E-state index contributed by atoms with van der Waals surface area (Å²) in [7, 11) is -22.4. The third-order valence-corrected chi connectivity index (χ3v) is 7.57. The molecule has 0 radical (unpaired) electrons. The van der Waals surface area contributed by atoms with Crippen LogP contribution in [0.2, 0.25) is 0 Å². The second-order valence-corrected chi connectivity index (χ2v) is 11.1. The molecule has 0 N–H and O–H groups in total. The van der Waals surface area contributed by atoms with Crippen LogP contribution >= 0.6 is 0 Å². The Kier molecular flexibility index (Phi) is 4.92. The molecule has 0 amide bonds. The molecule has 16 heteroatoms. The maximum Gasteiger partial charge on any atom is 0.332 e. The van der Waals surface area contributed by atoms with Crippen LogP contribution in [0.15, 0.2) is 56.0 Å². The van der Waals surface area contributed by atoms with Crippen molar-refractivity contribution in [3.8, 4) is 0 Å². The van der Waals surface area contributed by atoms with Crippen molar-refractivity contribution in [1.82, 2.24) is 0 Å². The van der Waals surface area contributed by atoms with Crippen molar-refractivity contribution in [2.45, 2.75) is 19.6 Å². The van der Waals surface area contributed by atoms with E-state index in [2.05, 4.69) is 0 Å². The van der Waals surface area contributed by atoms with Crippen molar-refractivity contribution >= 4 is 62.4 Å². The molecule has 3 rings (SSSR count). The lowest BCUT2D eigenvalue weighted by Gasteiger charge is -2.12. The van der Waals surface area contributed by atoms with Gasteiger partial charge in [0.1, 0.15) is 19.6 Å². The molecule has 0 saturated carbocycles. The average molecular weight is 506 g/mol. The zero-order valence-corrected chi connectivity index (χ0v) is 17.1. The predicted molar refractivity (Wildman–Crippen MR) is 94.6 cm³/mol. The molecule has 0 fully saturated rings. The number of halogens is 4. The number of hydrogen-bond donors (Lipinski definition) is 0. The summed E-state index contributed by atoms with van der Waals surface area (Å²) < 4.78 is 146. The molecule has 0 atom stereocenters. The molecule has 0 aliphatic carbocycles. The van der Waals surface area contributed by atoms with Gasteiger partial charge in [-0.3, -0.25) is 0 Å². The quantitative estimate of drug-likeness (QED) is 0.299. The predicted octanol–water partition coefficient (Wildman–Crippen LogP) is 2.63. The van der Waals surface area contributed by atoms with E-state index in [1.807, 2.05) is 0 Å². The summed E-state index contributed by atoms with van der Waals surface area (Å²) in [6.07, 6.45) is 0. The zero-order chi connectivity index (χ0) is 22.9. The average Bonchev–Trinajstić information content (AvgIpc) is 2.54. The third kappa shape index (κ3) is 3.86. The number of benzene rings is 3. The van der Waals surface area contributed by atoms with Gasteiger partial charge in [-0.15, -0.1) is 15.5 Å². The maximum atomic E-state index is 13.7. The molecule has 0 aliphatic rings. The highest BCUT2D eigenvalue weighted by Crippen LogP contribution is 2.38. The summed E-state index contributed by atoms with van der Waals surface area (Å²) in [6.45, 7) is 0. The van der Waals surface area contributed by atoms with Crippen LogP contribution in [-0.4, -0.2) is 33.7 Å². The maximum absolute atomic E-state index is 13.7. The standard InChI is InChI=1S/C14H6F4O8S4/c15-27(19,20)11-1-2-12(28(16,21)22)8-6-10-9(5-7(8)11)13(29(17,23)24)3-4-14(10)30(18,25)26/h1-6H. The van der Waals surface area contributed by atoms with Crippen molar-refractivity contribution < 1.29 is 49.2 Å². The molecule has 0 aromatic heterocycles. The topological polar surface area (TPSA) is 137 Å². The molecule has 3 aromatic carbocycles. The SMILES string of the molecule is O=S(=O)(F)c1ccc(S(=O)(=O)F)c2cc3c(S(=O)(=O)F)ccc(S(=O)(=O)F)c3cc12.